The average Bonchev–Trinajstić information content (AvgIpc) is 3.04. The summed E-state index contributed by atoms with van der Waals surface area (Å²) in [6, 6.07) is 5.43. The van der Waals surface area contributed by atoms with Gasteiger partial charge in [-0.1, -0.05) is 0 Å². The van der Waals surface area contributed by atoms with Crippen LogP contribution in [-0.2, 0) is 9.59 Å². The number of carbonyl (C=O) groups is 3. The predicted molar refractivity (Wildman–Crippen MR) is 103 cm³/mol. The average molecular weight is 389 g/mol. The molecule has 1 unspecified atom stereocenters. The summed E-state index contributed by atoms with van der Waals surface area (Å²) in [4.78, 5) is 40.9. The van der Waals surface area contributed by atoms with E-state index in [0.717, 1.165) is 0 Å². The number of benzene rings is 1. The molecule has 0 radical (unpaired) electrons. The first-order valence-electron chi connectivity index (χ1n) is 9.81. The highest BCUT2D eigenvalue weighted by Crippen LogP contribution is 2.28. The van der Waals surface area contributed by atoms with Gasteiger partial charge in [0.1, 0.15) is 5.82 Å². The Labute approximate surface area is 165 Å². The molecule has 1 aromatic rings. The molecule has 1 aromatic carbocycles. The Morgan fingerprint density at radius 1 is 1.11 bits per heavy atom. The molecule has 152 valence electrons. The van der Waals surface area contributed by atoms with Gasteiger partial charge in [-0.05, 0) is 57.9 Å². The number of hydrogen-bond donors (Lipinski definition) is 1. The van der Waals surface area contributed by atoms with Crippen molar-refractivity contribution in [3.8, 4) is 0 Å². The maximum atomic E-state index is 13.0. The summed E-state index contributed by atoms with van der Waals surface area (Å²) in [6.45, 7) is 7.54. The van der Waals surface area contributed by atoms with Crippen LogP contribution in [0.4, 0.5) is 4.39 Å². The van der Waals surface area contributed by atoms with Crippen molar-refractivity contribution >= 4 is 17.7 Å². The van der Waals surface area contributed by atoms with Gasteiger partial charge in [0, 0.05) is 43.2 Å². The fourth-order valence-electron chi connectivity index (χ4n) is 3.89. The Morgan fingerprint density at radius 3 is 2.25 bits per heavy atom. The number of halogens is 1. The zero-order chi connectivity index (χ0) is 20.5. The van der Waals surface area contributed by atoms with E-state index in [9.17, 15) is 18.8 Å². The number of hydrogen-bond acceptors (Lipinski definition) is 3. The second-order valence-electron chi connectivity index (χ2n) is 8.66. The zero-order valence-electron chi connectivity index (χ0n) is 16.7. The summed E-state index contributed by atoms with van der Waals surface area (Å²) in [5.74, 6) is -0.821. The number of nitrogens with one attached hydrogen (secondary N) is 1. The van der Waals surface area contributed by atoms with Crippen LogP contribution in [0.15, 0.2) is 24.3 Å². The van der Waals surface area contributed by atoms with Gasteiger partial charge in [-0.15, -0.1) is 0 Å². The highest BCUT2D eigenvalue weighted by Gasteiger charge is 2.41. The van der Waals surface area contributed by atoms with E-state index in [4.69, 9.17) is 0 Å². The van der Waals surface area contributed by atoms with E-state index in [1.54, 1.807) is 4.90 Å². The molecule has 1 N–H and O–H groups in total. The first kappa shape index (κ1) is 20.3. The van der Waals surface area contributed by atoms with Crippen LogP contribution in [0.5, 0.6) is 0 Å². The lowest BCUT2D eigenvalue weighted by atomic mass is 10.0. The van der Waals surface area contributed by atoms with Crippen LogP contribution in [-0.4, -0.2) is 58.7 Å². The van der Waals surface area contributed by atoms with Gasteiger partial charge < -0.3 is 15.1 Å². The Hall–Kier alpha value is -2.44. The normalized spacial score (nSPS) is 21.1. The van der Waals surface area contributed by atoms with Gasteiger partial charge in [0.25, 0.3) is 5.91 Å². The molecule has 2 aliphatic rings. The van der Waals surface area contributed by atoms with Crippen molar-refractivity contribution in [1.29, 1.82) is 0 Å². The van der Waals surface area contributed by atoms with Crippen molar-refractivity contribution in [1.82, 2.24) is 15.1 Å². The van der Waals surface area contributed by atoms with E-state index in [-0.39, 0.29) is 47.5 Å². The van der Waals surface area contributed by atoms with Crippen molar-refractivity contribution in [2.75, 3.05) is 19.6 Å². The Bertz CT molecular complexity index is 749. The molecule has 2 fully saturated rings. The summed E-state index contributed by atoms with van der Waals surface area (Å²) in [5.41, 5.74) is 0.149. The van der Waals surface area contributed by atoms with Crippen LogP contribution in [0.1, 0.15) is 50.4 Å². The smallest absolute Gasteiger partial charge is 0.251 e. The number of piperidine rings is 1. The number of nitrogens with zero attached hydrogens (tertiary/aromatic N) is 2. The third-order valence-electron chi connectivity index (χ3n) is 5.53. The van der Waals surface area contributed by atoms with Gasteiger partial charge >= 0.3 is 0 Å². The summed E-state index contributed by atoms with van der Waals surface area (Å²) in [5, 5.41) is 2.96. The van der Waals surface area contributed by atoms with Gasteiger partial charge in [0.15, 0.2) is 0 Å². The van der Waals surface area contributed by atoms with Gasteiger partial charge in [0.2, 0.25) is 11.8 Å². The lowest BCUT2D eigenvalue weighted by Gasteiger charge is -2.35. The molecule has 2 heterocycles. The number of rotatable bonds is 3. The number of amides is 3. The Balaban J connectivity index is 1.50. The lowest BCUT2D eigenvalue weighted by Crippen LogP contribution is -2.48. The summed E-state index contributed by atoms with van der Waals surface area (Å²) >= 11 is 0. The van der Waals surface area contributed by atoms with E-state index in [0.29, 0.717) is 38.0 Å². The number of likely N-dealkylation sites (tertiary alicyclic amines) is 2. The van der Waals surface area contributed by atoms with Crippen LogP contribution in [0.3, 0.4) is 0 Å². The van der Waals surface area contributed by atoms with Crippen LogP contribution >= 0.6 is 0 Å². The van der Waals surface area contributed by atoms with E-state index in [2.05, 4.69) is 5.32 Å². The topological polar surface area (TPSA) is 69.7 Å². The second kappa shape index (κ2) is 7.89. The molecule has 0 aliphatic carbocycles. The van der Waals surface area contributed by atoms with Crippen molar-refractivity contribution < 1.29 is 18.8 Å². The highest BCUT2D eigenvalue weighted by molar-refractivity contribution is 5.94. The monoisotopic (exact) mass is 389 g/mol. The third kappa shape index (κ3) is 4.51. The van der Waals surface area contributed by atoms with E-state index in [1.807, 2.05) is 25.7 Å². The van der Waals surface area contributed by atoms with Crippen molar-refractivity contribution in [2.24, 2.45) is 5.92 Å². The fourth-order valence-corrected chi connectivity index (χ4v) is 3.89. The van der Waals surface area contributed by atoms with E-state index >= 15 is 0 Å². The maximum Gasteiger partial charge on any atom is 0.251 e. The minimum Gasteiger partial charge on any atom is -0.349 e. The minimum absolute atomic E-state index is 0.0158. The molecular formula is C21H28FN3O3. The molecule has 3 rings (SSSR count). The zero-order valence-corrected chi connectivity index (χ0v) is 16.7. The summed E-state index contributed by atoms with van der Waals surface area (Å²) < 4.78 is 13.0. The van der Waals surface area contributed by atoms with Crippen LogP contribution in [0, 0.1) is 11.7 Å². The minimum atomic E-state index is -0.376. The molecule has 2 aliphatic heterocycles. The lowest BCUT2D eigenvalue weighted by molar-refractivity contribution is -0.136. The third-order valence-corrected chi connectivity index (χ3v) is 5.53. The number of carbonyl (C=O) groups excluding carboxylic acids is 3. The second-order valence-corrected chi connectivity index (χ2v) is 8.66. The van der Waals surface area contributed by atoms with E-state index < -0.39 is 0 Å². The van der Waals surface area contributed by atoms with Gasteiger partial charge in [-0.3, -0.25) is 14.4 Å². The van der Waals surface area contributed by atoms with Gasteiger partial charge in [-0.25, -0.2) is 4.39 Å². The first-order chi connectivity index (χ1) is 13.1. The molecule has 0 spiro atoms. The van der Waals surface area contributed by atoms with Crippen molar-refractivity contribution in [2.45, 2.75) is 51.6 Å². The van der Waals surface area contributed by atoms with Crippen molar-refractivity contribution in [3.63, 3.8) is 0 Å². The Morgan fingerprint density at radius 2 is 1.71 bits per heavy atom. The predicted octanol–water partition coefficient (Wildman–Crippen LogP) is 2.19. The van der Waals surface area contributed by atoms with Gasteiger partial charge in [0.05, 0.1) is 5.92 Å². The molecular weight excluding hydrogens is 361 g/mol. The molecule has 3 amide bonds. The standard InChI is InChI=1S/C21H28FN3O3/c1-21(2,3)25-13-15(12-18(25)26)20(28)24-10-8-17(9-11-24)23-19(27)14-4-6-16(22)7-5-14/h4-7,15,17H,8-13H2,1-3H3,(H,23,27). The first-order valence-corrected chi connectivity index (χ1v) is 9.81. The molecule has 0 aromatic heterocycles. The maximum absolute atomic E-state index is 13.0. The molecule has 7 heteroatoms. The van der Waals surface area contributed by atoms with Crippen molar-refractivity contribution in [3.05, 3.63) is 35.6 Å². The molecule has 0 bridgehead atoms. The van der Waals surface area contributed by atoms with Crippen LogP contribution in [0.2, 0.25) is 0 Å². The van der Waals surface area contributed by atoms with Crippen LogP contribution < -0.4 is 5.32 Å². The van der Waals surface area contributed by atoms with Gasteiger partial charge in [-0.2, -0.15) is 0 Å². The SMILES string of the molecule is CC(C)(C)N1CC(C(=O)N2CCC(NC(=O)c3ccc(F)cc3)CC2)CC1=O. The fraction of sp³-hybridized carbons (Fsp3) is 0.571. The largest absolute Gasteiger partial charge is 0.349 e. The van der Waals surface area contributed by atoms with Crippen LogP contribution in [0.25, 0.3) is 0 Å². The molecule has 2 saturated heterocycles. The molecule has 6 nitrogen and oxygen atoms in total. The Kier molecular flexibility index (Phi) is 5.72. The quantitative estimate of drug-likeness (QED) is 0.862. The summed E-state index contributed by atoms with van der Waals surface area (Å²) in [6.07, 6.45) is 1.61. The van der Waals surface area contributed by atoms with E-state index in [1.165, 1.54) is 24.3 Å². The molecule has 0 saturated carbocycles. The summed E-state index contributed by atoms with van der Waals surface area (Å²) in [7, 11) is 0. The molecule has 1 atom stereocenters. The highest BCUT2D eigenvalue weighted by atomic mass is 19.1. The molecule has 28 heavy (non-hydrogen) atoms.